The van der Waals surface area contributed by atoms with Gasteiger partial charge < -0.3 is 20.5 Å². The molecule has 0 saturated carbocycles. The molecule has 110 valence electrons. The van der Waals surface area contributed by atoms with Crippen LogP contribution in [0.1, 0.15) is 19.4 Å². The van der Waals surface area contributed by atoms with Crippen LogP contribution in [0, 0.1) is 5.41 Å². The van der Waals surface area contributed by atoms with Gasteiger partial charge in [-0.1, -0.05) is 11.6 Å². The quantitative estimate of drug-likeness (QED) is 0.584. The van der Waals surface area contributed by atoms with E-state index >= 15 is 0 Å². The Bertz CT molecular complexity index is 519. The van der Waals surface area contributed by atoms with Crippen LogP contribution in [0.15, 0.2) is 18.2 Å². The fourth-order valence-electron chi connectivity index (χ4n) is 2.51. The number of ether oxygens (including phenoxy) is 1. The van der Waals surface area contributed by atoms with Crippen molar-refractivity contribution in [3.8, 4) is 0 Å². The Morgan fingerprint density at radius 3 is 2.85 bits per heavy atom. The molecule has 6 heteroatoms. The number of nitrogens with zero attached hydrogens (tertiary/aromatic N) is 1. The second-order valence-corrected chi connectivity index (χ2v) is 6.05. The summed E-state index contributed by atoms with van der Waals surface area (Å²) >= 11 is 6.29. The SMILES string of the molecule is CC1(C)CN(c2ccc(C(=N)N)cc2Cl)CC(CO)O1. The molecule has 1 atom stereocenters. The molecule has 0 bridgehead atoms. The number of nitrogens with one attached hydrogen (secondary N) is 1. The van der Waals surface area contributed by atoms with Gasteiger partial charge in [-0.15, -0.1) is 0 Å². The van der Waals surface area contributed by atoms with E-state index in [1.54, 1.807) is 12.1 Å². The van der Waals surface area contributed by atoms with Crippen LogP contribution in [0.4, 0.5) is 5.69 Å². The van der Waals surface area contributed by atoms with Gasteiger partial charge in [0.25, 0.3) is 0 Å². The molecular weight excluding hydrogens is 278 g/mol. The first-order valence-corrected chi connectivity index (χ1v) is 6.88. The van der Waals surface area contributed by atoms with E-state index in [0.29, 0.717) is 23.7 Å². The first-order valence-electron chi connectivity index (χ1n) is 6.50. The molecule has 1 fully saturated rings. The van der Waals surface area contributed by atoms with Crippen LogP contribution in [0.2, 0.25) is 5.02 Å². The summed E-state index contributed by atoms with van der Waals surface area (Å²) in [7, 11) is 0. The number of aliphatic hydroxyl groups is 1. The molecule has 2 rings (SSSR count). The van der Waals surface area contributed by atoms with Crippen molar-refractivity contribution in [1.82, 2.24) is 0 Å². The Balaban J connectivity index is 2.28. The van der Waals surface area contributed by atoms with Crippen molar-refractivity contribution in [2.75, 3.05) is 24.6 Å². The van der Waals surface area contributed by atoms with E-state index in [9.17, 15) is 5.11 Å². The highest BCUT2D eigenvalue weighted by Crippen LogP contribution is 2.31. The molecule has 1 unspecified atom stereocenters. The van der Waals surface area contributed by atoms with Gasteiger partial charge in [-0.3, -0.25) is 5.41 Å². The molecule has 0 spiro atoms. The van der Waals surface area contributed by atoms with Crippen molar-refractivity contribution in [1.29, 1.82) is 5.41 Å². The Labute approximate surface area is 123 Å². The molecule has 4 N–H and O–H groups in total. The van der Waals surface area contributed by atoms with E-state index in [0.717, 1.165) is 5.69 Å². The number of halogens is 1. The lowest BCUT2D eigenvalue weighted by Crippen LogP contribution is -2.54. The maximum absolute atomic E-state index is 9.34. The minimum absolute atomic E-state index is 0.00556. The zero-order chi connectivity index (χ0) is 14.9. The van der Waals surface area contributed by atoms with Crippen LogP contribution in [-0.4, -0.2) is 42.3 Å². The van der Waals surface area contributed by atoms with Crippen LogP contribution in [0.25, 0.3) is 0 Å². The van der Waals surface area contributed by atoms with Gasteiger partial charge in [-0.05, 0) is 32.0 Å². The van der Waals surface area contributed by atoms with Crippen molar-refractivity contribution in [2.24, 2.45) is 5.73 Å². The van der Waals surface area contributed by atoms with Gasteiger partial charge in [-0.25, -0.2) is 0 Å². The minimum atomic E-state index is -0.353. The number of aliphatic hydroxyl groups excluding tert-OH is 1. The summed E-state index contributed by atoms with van der Waals surface area (Å²) in [6.45, 7) is 5.21. The molecule has 0 aromatic heterocycles. The lowest BCUT2D eigenvalue weighted by Gasteiger charge is -2.43. The Hall–Kier alpha value is -1.30. The number of rotatable bonds is 3. The van der Waals surface area contributed by atoms with Crippen molar-refractivity contribution in [3.63, 3.8) is 0 Å². The van der Waals surface area contributed by atoms with Crippen LogP contribution >= 0.6 is 11.6 Å². The number of morpholine rings is 1. The van der Waals surface area contributed by atoms with Gasteiger partial charge >= 0.3 is 0 Å². The average Bonchev–Trinajstić information content (AvgIpc) is 2.36. The monoisotopic (exact) mass is 297 g/mol. The first kappa shape index (κ1) is 15.1. The molecule has 1 aromatic rings. The predicted octanol–water partition coefficient (Wildman–Crippen LogP) is 1.60. The summed E-state index contributed by atoms with van der Waals surface area (Å²) in [5.74, 6) is -0.00556. The predicted molar refractivity (Wildman–Crippen MR) is 80.7 cm³/mol. The van der Waals surface area contributed by atoms with E-state index in [2.05, 4.69) is 4.90 Å². The van der Waals surface area contributed by atoms with Gasteiger partial charge in [0.05, 0.1) is 29.0 Å². The molecule has 0 aliphatic carbocycles. The zero-order valence-corrected chi connectivity index (χ0v) is 12.4. The summed E-state index contributed by atoms with van der Waals surface area (Å²) in [5, 5.41) is 17.3. The fraction of sp³-hybridized carbons (Fsp3) is 0.500. The largest absolute Gasteiger partial charge is 0.394 e. The molecule has 5 nitrogen and oxygen atoms in total. The second-order valence-electron chi connectivity index (χ2n) is 5.64. The normalized spacial score (nSPS) is 21.8. The number of nitrogen functional groups attached to an aromatic ring is 1. The summed E-state index contributed by atoms with van der Waals surface area (Å²) < 4.78 is 5.79. The van der Waals surface area contributed by atoms with Crippen molar-refractivity contribution < 1.29 is 9.84 Å². The number of nitrogens with two attached hydrogens (primary N) is 1. The van der Waals surface area contributed by atoms with Crippen molar-refractivity contribution in [2.45, 2.75) is 25.6 Å². The number of anilines is 1. The highest BCUT2D eigenvalue weighted by atomic mass is 35.5. The van der Waals surface area contributed by atoms with E-state index in [4.69, 9.17) is 27.5 Å². The van der Waals surface area contributed by atoms with E-state index in [-0.39, 0.29) is 24.1 Å². The first-order chi connectivity index (χ1) is 9.32. The topological polar surface area (TPSA) is 82.6 Å². The van der Waals surface area contributed by atoms with E-state index in [1.165, 1.54) is 0 Å². The summed E-state index contributed by atoms with van der Waals surface area (Å²) in [4.78, 5) is 2.09. The summed E-state index contributed by atoms with van der Waals surface area (Å²) in [5.41, 5.74) is 6.57. The number of hydrogen-bond donors (Lipinski definition) is 3. The third-order valence-electron chi connectivity index (χ3n) is 3.28. The third-order valence-corrected chi connectivity index (χ3v) is 3.59. The Morgan fingerprint density at radius 1 is 1.60 bits per heavy atom. The molecule has 0 radical (unpaired) electrons. The minimum Gasteiger partial charge on any atom is -0.394 e. The molecule has 20 heavy (non-hydrogen) atoms. The van der Waals surface area contributed by atoms with Crippen molar-refractivity contribution in [3.05, 3.63) is 28.8 Å². The molecule has 1 aliphatic heterocycles. The number of benzene rings is 1. The molecule has 0 amide bonds. The fourth-order valence-corrected chi connectivity index (χ4v) is 2.81. The van der Waals surface area contributed by atoms with Crippen LogP contribution in [0.5, 0.6) is 0 Å². The maximum atomic E-state index is 9.34. The van der Waals surface area contributed by atoms with Gasteiger partial charge in [0.2, 0.25) is 0 Å². The third kappa shape index (κ3) is 3.23. The maximum Gasteiger partial charge on any atom is 0.122 e. The lowest BCUT2D eigenvalue weighted by atomic mass is 10.0. The van der Waals surface area contributed by atoms with Crippen molar-refractivity contribution >= 4 is 23.1 Å². The second kappa shape index (κ2) is 5.60. The van der Waals surface area contributed by atoms with Crippen LogP contribution < -0.4 is 10.6 Å². The van der Waals surface area contributed by atoms with Crippen LogP contribution in [-0.2, 0) is 4.74 Å². The summed E-state index contributed by atoms with van der Waals surface area (Å²) in [6.07, 6.45) is -0.234. The molecule has 1 aliphatic rings. The molecular formula is C14H20ClN3O2. The highest BCUT2D eigenvalue weighted by molar-refractivity contribution is 6.33. The molecule has 1 aromatic carbocycles. The average molecular weight is 298 g/mol. The smallest absolute Gasteiger partial charge is 0.122 e. The van der Waals surface area contributed by atoms with Crippen LogP contribution in [0.3, 0.4) is 0 Å². The van der Waals surface area contributed by atoms with Gasteiger partial charge in [0.15, 0.2) is 0 Å². The number of hydrogen-bond acceptors (Lipinski definition) is 4. The zero-order valence-electron chi connectivity index (χ0n) is 11.7. The molecule has 1 heterocycles. The Morgan fingerprint density at radius 2 is 2.30 bits per heavy atom. The lowest BCUT2D eigenvalue weighted by molar-refractivity contribution is -0.101. The Kier molecular flexibility index (Phi) is 4.22. The van der Waals surface area contributed by atoms with Gasteiger partial charge in [-0.2, -0.15) is 0 Å². The van der Waals surface area contributed by atoms with E-state index in [1.807, 2.05) is 19.9 Å². The van der Waals surface area contributed by atoms with Gasteiger partial charge in [0, 0.05) is 18.7 Å². The molecule has 1 saturated heterocycles. The summed E-state index contributed by atoms with van der Waals surface area (Å²) in [6, 6.07) is 5.32. The number of amidine groups is 1. The highest BCUT2D eigenvalue weighted by Gasteiger charge is 2.33. The van der Waals surface area contributed by atoms with E-state index < -0.39 is 0 Å². The van der Waals surface area contributed by atoms with Gasteiger partial charge in [0.1, 0.15) is 5.84 Å². The standard InChI is InChI=1S/C14H20ClN3O2/c1-14(2)8-18(6-10(7-19)20-14)12-4-3-9(13(16)17)5-11(12)15/h3-5,10,19H,6-8H2,1-2H3,(H3,16,17).